The highest BCUT2D eigenvalue weighted by atomic mass is 19.2. The third-order valence-corrected chi connectivity index (χ3v) is 4.50. The highest BCUT2D eigenvalue weighted by molar-refractivity contribution is 5.89. The second kappa shape index (κ2) is 8.37. The lowest BCUT2D eigenvalue weighted by atomic mass is 10.1. The van der Waals surface area contributed by atoms with Crippen LogP contribution in [-0.4, -0.2) is 19.7 Å². The van der Waals surface area contributed by atoms with Crippen molar-refractivity contribution < 1.29 is 27.8 Å². The van der Waals surface area contributed by atoms with Crippen molar-refractivity contribution in [1.29, 1.82) is 0 Å². The molecule has 1 saturated carbocycles. The monoisotopic (exact) mass is 376 g/mol. The SMILES string of the molecule is CC[C@@H](Oc1ccc(C(=O)OC)c(F)c1F)c1cccc(OCC2CC2)c1. The molecule has 0 bridgehead atoms. The normalized spacial score (nSPS) is 14.5. The molecule has 0 unspecified atom stereocenters. The first-order valence-electron chi connectivity index (χ1n) is 8.99. The van der Waals surface area contributed by atoms with Crippen LogP contribution >= 0.6 is 0 Å². The van der Waals surface area contributed by atoms with Crippen LogP contribution in [0.15, 0.2) is 36.4 Å². The molecule has 0 radical (unpaired) electrons. The van der Waals surface area contributed by atoms with E-state index in [1.165, 1.54) is 18.9 Å². The van der Waals surface area contributed by atoms with Gasteiger partial charge in [0, 0.05) is 0 Å². The smallest absolute Gasteiger partial charge is 0.340 e. The molecule has 0 N–H and O–H groups in total. The van der Waals surface area contributed by atoms with Gasteiger partial charge in [-0.25, -0.2) is 9.18 Å². The van der Waals surface area contributed by atoms with Crippen LogP contribution < -0.4 is 9.47 Å². The van der Waals surface area contributed by atoms with Gasteiger partial charge in [-0.05, 0) is 55.0 Å². The molecule has 0 saturated heterocycles. The van der Waals surface area contributed by atoms with Crippen LogP contribution in [0.4, 0.5) is 8.78 Å². The molecular weight excluding hydrogens is 354 g/mol. The second-order valence-electron chi connectivity index (χ2n) is 6.57. The van der Waals surface area contributed by atoms with Gasteiger partial charge in [-0.15, -0.1) is 0 Å². The van der Waals surface area contributed by atoms with E-state index in [4.69, 9.17) is 9.47 Å². The molecule has 2 aromatic carbocycles. The maximum Gasteiger partial charge on any atom is 0.340 e. The Morgan fingerprint density at radius 1 is 1.19 bits per heavy atom. The fraction of sp³-hybridized carbons (Fsp3) is 0.381. The number of hydrogen-bond acceptors (Lipinski definition) is 4. The number of carbonyl (C=O) groups excluding carboxylic acids is 1. The van der Waals surface area contributed by atoms with Crippen LogP contribution in [0, 0.1) is 17.6 Å². The van der Waals surface area contributed by atoms with Crippen LogP contribution in [-0.2, 0) is 4.74 Å². The van der Waals surface area contributed by atoms with Crippen LogP contribution in [0.3, 0.4) is 0 Å². The number of benzene rings is 2. The quantitative estimate of drug-likeness (QED) is 0.604. The van der Waals surface area contributed by atoms with Crippen molar-refractivity contribution in [1.82, 2.24) is 0 Å². The van der Waals surface area contributed by atoms with E-state index in [0.717, 1.165) is 24.5 Å². The molecule has 1 fully saturated rings. The Morgan fingerprint density at radius 3 is 2.63 bits per heavy atom. The van der Waals surface area contributed by atoms with E-state index >= 15 is 0 Å². The van der Waals surface area contributed by atoms with Crippen molar-refractivity contribution in [3.8, 4) is 11.5 Å². The molecule has 0 spiro atoms. The average Bonchev–Trinajstić information content (AvgIpc) is 3.52. The number of halogens is 2. The molecular formula is C21H22F2O4. The predicted octanol–water partition coefficient (Wildman–Crippen LogP) is 5.07. The topological polar surface area (TPSA) is 44.8 Å². The summed E-state index contributed by atoms with van der Waals surface area (Å²) in [7, 11) is 1.11. The standard InChI is InChI=1S/C21H22F2O4/c1-3-17(14-5-4-6-15(11-14)26-12-13-7-8-13)27-18-10-9-16(21(24)25-2)19(22)20(18)23/h4-6,9-11,13,17H,3,7-8,12H2,1-2H3/t17-/m1/s1. The molecule has 1 atom stereocenters. The number of ether oxygens (including phenoxy) is 3. The van der Waals surface area contributed by atoms with E-state index in [1.54, 1.807) is 0 Å². The van der Waals surface area contributed by atoms with Gasteiger partial charge in [0.2, 0.25) is 5.82 Å². The summed E-state index contributed by atoms with van der Waals surface area (Å²) in [4.78, 5) is 11.5. The van der Waals surface area contributed by atoms with Gasteiger partial charge in [0.15, 0.2) is 11.6 Å². The van der Waals surface area contributed by atoms with E-state index in [0.29, 0.717) is 18.9 Å². The van der Waals surface area contributed by atoms with Gasteiger partial charge in [-0.1, -0.05) is 19.1 Å². The van der Waals surface area contributed by atoms with Gasteiger partial charge in [0.25, 0.3) is 0 Å². The molecule has 0 aliphatic heterocycles. The van der Waals surface area contributed by atoms with Crippen LogP contribution in [0.2, 0.25) is 0 Å². The lowest BCUT2D eigenvalue weighted by Crippen LogP contribution is -2.11. The summed E-state index contributed by atoms with van der Waals surface area (Å²) in [6, 6.07) is 9.82. The fourth-order valence-electron chi connectivity index (χ4n) is 2.73. The third-order valence-electron chi connectivity index (χ3n) is 4.50. The Hall–Kier alpha value is -2.63. The maximum absolute atomic E-state index is 14.3. The maximum atomic E-state index is 14.3. The minimum absolute atomic E-state index is 0.253. The zero-order valence-corrected chi connectivity index (χ0v) is 15.3. The second-order valence-corrected chi connectivity index (χ2v) is 6.57. The highest BCUT2D eigenvalue weighted by Gasteiger charge is 2.23. The zero-order valence-electron chi connectivity index (χ0n) is 15.3. The molecule has 27 heavy (non-hydrogen) atoms. The highest BCUT2D eigenvalue weighted by Crippen LogP contribution is 2.32. The van der Waals surface area contributed by atoms with Crippen molar-refractivity contribution in [2.24, 2.45) is 5.92 Å². The Morgan fingerprint density at radius 2 is 1.96 bits per heavy atom. The number of rotatable bonds is 8. The lowest BCUT2D eigenvalue weighted by molar-refractivity contribution is 0.0594. The summed E-state index contributed by atoms with van der Waals surface area (Å²) in [5.74, 6) is -2.32. The van der Waals surface area contributed by atoms with Gasteiger partial charge < -0.3 is 14.2 Å². The van der Waals surface area contributed by atoms with E-state index in [1.807, 2.05) is 31.2 Å². The molecule has 0 heterocycles. The Bertz CT molecular complexity index is 818. The number of carbonyl (C=O) groups is 1. The van der Waals surface area contributed by atoms with Gasteiger partial charge >= 0.3 is 5.97 Å². The number of esters is 1. The zero-order chi connectivity index (χ0) is 19.4. The van der Waals surface area contributed by atoms with E-state index in [2.05, 4.69) is 4.74 Å². The van der Waals surface area contributed by atoms with Gasteiger partial charge in [0.1, 0.15) is 11.9 Å². The lowest BCUT2D eigenvalue weighted by Gasteiger charge is -2.19. The third kappa shape index (κ3) is 4.56. The van der Waals surface area contributed by atoms with Crippen molar-refractivity contribution in [2.45, 2.75) is 32.3 Å². The minimum Gasteiger partial charge on any atom is -0.493 e. The van der Waals surface area contributed by atoms with Crippen molar-refractivity contribution >= 4 is 5.97 Å². The first-order valence-corrected chi connectivity index (χ1v) is 8.99. The van der Waals surface area contributed by atoms with Crippen molar-refractivity contribution in [2.75, 3.05) is 13.7 Å². The molecule has 1 aliphatic carbocycles. The molecule has 144 valence electrons. The van der Waals surface area contributed by atoms with Crippen LogP contribution in [0.5, 0.6) is 11.5 Å². The number of hydrogen-bond donors (Lipinski definition) is 0. The summed E-state index contributed by atoms with van der Waals surface area (Å²) in [6.07, 6.45) is 2.47. The molecule has 0 amide bonds. The molecule has 4 nitrogen and oxygen atoms in total. The van der Waals surface area contributed by atoms with Crippen LogP contribution in [0.25, 0.3) is 0 Å². The first-order chi connectivity index (χ1) is 13.0. The first kappa shape index (κ1) is 19.1. The Kier molecular flexibility index (Phi) is 5.94. The molecule has 6 heteroatoms. The van der Waals surface area contributed by atoms with Gasteiger partial charge in [-0.3, -0.25) is 0 Å². The number of methoxy groups -OCH3 is 1. The summed E-state index contributed by atoms with van der Waals surface area (Å²) in [5.41, 5.74) is 0.341. The van der Waals surface area contributed by atoms with Gasteiger partial charge in [-0.2, -0.15) is 4.39 Å². The Balaban J connectivity index is 1.77. The van der Waals surface area contributed by atoms with E-state index < -0.39 is 29.3 Å². The molecule has 0 aromatic heterocycles. The largest absolute Gasteiger partial charge is 0.493 e. The summed E-state index contributed by atoms with van der Waals surface area (Å²) < 4.78 is 44.4. The van der Waals surface area contributed by atoms with Crippen LogP contribution in [0.1, 0.15) is 48.2 Å². The van der Waals surface area contributed by atoms with Gasteiger partial charge in [0.05, 0.1) is 19.3 Å². The fourth-order valence-corrected chi connectivity index (χ4v) is 2.73. The minimum atomic E-state index is -1.28. The van der Waals surface area contributed by atoms with E-state index in [9.17, 15) is 13.6 Å². The van der Waals surface area contributed by atoms with Crippen molar-refractivity contribution in [3.05, 3.63) is 59.2 Å². The Labute approximate surface area is 157 Å². The summed E-state index contributed by atoms with van der Waals surface area (Å²) in [5, 5.41) is 0. The van der Waals surface area contributed by atoms with Crippen molar-refractivity contribution in [3.63, 3.8) is 0 Å². The average molecular weight is 376 g/mol. The summed E-state index contributed by atoms with van der Waals surface area (Å²) >= 11 is 0. The molecule has 1 aliphatic rings. The van der Waals surface area contributed by atoms with E-state index in [-0.39, 0.29) is 5.75 Å². The summed E-state index contributed by atoms with van der Waals surface area (Å²) in [6.45, 7) is 2.58. The predicted molar refractivity (Wildman–Crippen MR) is 96.0 cm³/mol. The molecule has 2 aromatic rings. The molecule has 3 rings (SSSR count).